The minimum Gasteiger partial charge on any atom is -0.372 e. The lowest BCUT2D eigenvalue weighted by Gasteiger charge is -2.20. The first kappa shape index (κ1) is 12.0. The van der Waals surface area contributed by atoms with Crippen molar-refractivity contribution in [3.8, 4) is 0 Å². The highest BCUT2D eigenvalue weighted by molar-refractivity contribution is 7.07. The molecular weight excluding hydrogens is 222 g/mol. The zero-order chi connectivity index (χ0) is 11.4. The van der Waals surface area contributed by atoms with Crippen LogP contribution >= 0.6 is 11.3 Å². The molecule has 0 aliphatic carbocycles. The number of hydrogen-bond donors (Lipinski definition) is 1. The molecule has 2 N–H and O–H groups in total. The summed E-state index contributed by atoms with van der Waals surface area (Å²) in [5.74, 6) is 0. The maximum absolute atomic E-state index is 5.82. The van der Waals surface area contributed by atoms with Gasteiger partial charge in [0.1, 0.15) is 0 Å². The van der Waals surface area contributed by atoms with Crippen molar-refractivity contribution in [1.29, 1.82) is 0 Å². The van der Waals surface area contributed by atoms with Crippen LogP contribution in [0.1, 0.15) is 18.5 Å². The van der Waals surface area contributed by atoms with E-state index in [4.69, 9.17) is 10.5 Å². The number of ether oxygens (including phenoxy) is 1. The monoisotopic (exact) mass is 241 g/mol. The molecule has 16 heavy (non-hydrogen) atoms. The third-order valence-corrected chi connectivity index (χ3v) is 3.52. The lowest BCUT2D eigenvalue weighted by atomic mass is 10.2. The van der Waals surface area contributed by atoms with Gasteiger partial charge in [-0.2, -0.15) is 0 Å². The van der Waals surface area contributed by atoms with Crippen molar-refractivity contribution >= 4 is 11.3 Å². The molecule has 1 fully saturated rings. The fourth-order valence-corrected chi connectivity index (χ4v) is 2.64. The lowest BCUT2D eigenvalue weighted by Crippen LogP contribution is -2.30. The van der Waals surface area contributed by atoms with Crippen molar-refractivity contribution in [1.82, 2.24) is 9.88 Å². The van der Waals surface area contributed by atoms with Gasteiger partial charge in [-0.25, -0.2) is 4.98 Å². The van der Waals surface area contributed by atoms with Gasteiger partial charge < -0.3 is 10.5 Å². The summed E-state index contributed by atoms with van der Waals surface area (Å²) in [7, 11) is 2.11. The van der Waals surface area contributed by atoms with Crippen LogP contribution in [0.5, 0.6) is 0 Å². The number of nitrogens with two attached hydrogens (primary N) is 1. The van der Waals surface area contributed by atoms with Crippen LogP contribution in [0.3, 0.4) is 0 Å². The van der Waals surface area contributed by atoms with Crippen LogP contribution in [0.4, 0.5) is 0 Å². The van der Waals surface area contributed by atoms with Crippen molar-refractivity contribution in [3.05, 3.63) is 16.6 Å². The highest BCUT2D eigenvalue weighted by Crippen LogP contribution is 2.19. The van der Waals surface area contributed by atoms with Crippen LogP contribution in [0.15, 0.2) is 10.9 Å². The predicted molar refractivity (Wildman–Crippen MR) is 65.4 cm³/mol. The lowest BCUT2D eigenvalue weighted by molar-refractivity contribution is 0.0305. The van der Waals surface area contributed by atoms with Crippen molar-refractivity contribution in [3.63, 3.8) is 0 Å². The van der Waals surface area contributed by atoms with Crippen LogP contribution in [-0.4, -0.2) is 42.2 Å². The Morgan fingerprint density at radius 2 is 2.38 bits per heavy atom. The Morgan fingerprint density at radius 1 is 1.56 bits per heavy atom. The van der Waals surface area contributed by atoms with E-state index in [1.54, 1.807) is 11.3 Å². The second-order valence-corrected chi connectivity index (χ2v) is 5.09. The number of hydrogen-bond acceptors (Lipinski definition) is 5. The Balaban J connectivity index is 1.73. The van der Waals surface area contributed by atoms with Crippen LogP contribution in [0, 0.1) is 0 Å². The average molecular weight is 241 g/mol. The smallest absolute Gasteiger partial charge is 0.0795 e. The molecule has 0 bridgehead atoms. The molecule has 2 heterocycles. The second-order valence-electron chi connectivity index (χ2n) is 4.37. The summed E-state index contributed by atoms with van der Waals surface area (Å²) in [6.45, 7) is 2.51. The third-order valence-electron chi connectivity index (χ3n) is 2.89. The third kappa shape index (κ3) is 3.25. The van der Waals surface area contributed by atoms with Crippen molar-refractivity contribution in [2.45, 2.75) is 31.6 Å². The quantitative estimate of drug-likeness (QED) is 0.838. The Hall–Kier alpha value is -0.490. The van der Waals surface area contributed by atoms with E-state index in [1.165, 1.54) is 0 Å². The number of thiazole rings is 1. The van der Waals surface area contributed by atoms with Crippen LogP contribution in [0.25, 0.3) is 0 Å². The van der Waals surface area contributed by atoms with E-state index in [9.17, 15) is 0 Å². The molecule has 1 aromatic heterocycles. The van der Waals surface area contributed by atoms with Gasteiger partial charge in [-0.1, -0.05) is 0 Å². The van der Waals surface area contributed by atoms with Crippen LogP contribution in [0.2, 0.25) is 0 Å². The molecule has 0 amide bonds. The average Bonchev–Trinajstić information content (AvgIpc) is 2.89. The fourth-order valence-electron chi connectivity index (χ4n) is 2.09. The molecule has 5 heteroatoms. The van der Waals surface area contributed by atoms with Gasteiger partial charge in [0.15, 0.2) is 0 Å². The fraction of sp³-hybridized carbons (Fsp3) is 0.727. The second kappa shape index (κ2) is 5.72. The van der Waals surface area contributed by atoms with Gasteiger partial charge in [-0.15, -0.1) is 11.3 Å². The predicted octanol–water partition coefficient (Wildman–Crippen LogP) is 1.08. The molecular formula is C11H19N3OS. The van der Waals surface area contributed by atoms with Gasteiger partial charge in [0.05, 0.1) is 23.4 Å². The Kier molecular flexibility index (Phi) is 4.29. The van der Waals surface area contributed by atoms with E-state index < -0.39 is 0 Å². The topological polar surface area (TPSA) is 51.4 Å². The van der Waals surface area contributed by atoms with E-state index >= 15 is 0 Å². The SMILES string of the molecule is CN(Cc1cscn1)CC1CCC(CN)O1. The maximum atomic E-state index is 5.82. The zero-order valence-corrected chi connectivity index (χ0v) is 10.4. The molecule has 2 unspecified atom stereocenters. The van der Waals surface area contributed by atoms with E-state index in [-0.39, 0.29) is 6.10 Å². The number of likely N-dealkylation sites (N-methyl/N-ethyl adjacent to an activating group) is 1. The summed E-state index contributed by atoms with van der Waals surface area (Å²) in [4.78, 5) is 6.54. The molecule has 1 aliphatic rings. The first-order valence-electron chi connectivity index (χ1n) is 5.69. The molecule has 1 aromatic rings. The summed E-state index contributed by atoms with van der Waals surface area (Å²) >= 11 is 1.64. The molecule has 0 radical (unpaired) electrons. The first-order valence-corrected chi connectivity index (χ1v) is 6.63. The van der Waals surface area contributed by atoms with Gasteiger partial charge in [0.25, 0.3) is 0 Å². The highest BCUT2D eigenvalue weighted by Gasteiger charge is 2.24. The van der Waals surface area contributed by atoms with Gasteiger partial charge in [0.2, 0.25) is 0 Å². The van der Waals surface area contributed by atoms with Gasteiger partial charge >= 0.3 is 0 Å². The van der Waals surface area contributed by atoms with Crippen molar-refractivity contribution in [2.24, 2.45) is 5.73 Å². The largest absolute Gasteiger partial charge is 0.372 e. The van der Waals surface area contributed by atoms with Crippen LogP contribution in [-0.2, 0) is 11.3 Å². The minimum atomic E-state index is 0.276. The molecule has 0 spiro atoms. The summed E-state index contributed by atoms with van der Waals surface area (Å²) in [6.07, 6.45) is 2.85. The van der Waals surface area contributed by atoms with E-state index in [0.717, 1.165) is 31.6 Å². The molecule has 2 rings (SSSR count). The number of aromatic nitrogens is 1. The molecule has 90 valence electrons. The van der Waals surface area contributed by atoms with Crippen molar-refractivity contribution in [2.75, 3.05) is 20.1 Å². The molecule has 1 saturated heterocycles. The molecule has 1 aliphatic heterocycles. The van der Waals surface area contributed by atoms with Gasteiger partial charge in [-0.05, 0) is 19.9 Å². The summed E-state index contributed by atoms with van der Waals surface area (Å²) in [5, 5.41) is 2.09. The highest BCUT2D eigenvalue weighted by atomic mass is 32.1. The van der Waals surface area contributed by atoms with E-state index in [0.29, 0.717) is 12.6 Å². The summed E-state index contributed by atoms with van der Waals surface area (Å²) in [6, 6.07) is 0. The standard InChI is InChI=1S/C11H19N3OS/c1-14(5-9-7-16-8-13-9)6-11-3-2-10(4-12)15-11/h7-8,10-11H,2-6,12H2,1H3. The van der Waals surface area contributed by atoms with Gasteiger partial charge in [0, 0.05) is 25.0 Å². The van der Waals surface area contributed by atoms with Gasteiger partial charge in [-0.3, -0.25) is 4.90 Å². The maximum Gasteiger partial charge on any atom is 0.0795 e. The molecule has 0 saturated carbocycles. The molecule has 0 aromatic carbocycles. The number of rotatable bonds is 5. The first-order chi connectivity index (χ1) is 7.78. The Morgan fingerprint density at radius 3 is 3.00 bits per heavy atom. The Labute approximate surface area is 100 Å². The van der Waals surface area contributed by atoms with E-state index in [2.05, 4.69) is 22.3 Å². The Bertz CT molecular complexity index is 304. The zero-order valence-electron chi connectivity index (χ0n) is 9.63. The van der Waals surface area contributed by atoms with Crippen molar-refractivity contribution < 1.29 is 4.74 Å². The molecule has 4 nitrogen and oxygen atoms in total. The normalized spacial score (nSPS) is 25.4. The number of nitrogens with zero attached hydrogens (tertiary/aromatic N) is 2. The van der Waals surface area contributed by atoms with Crippen LogP contribution < -0.4 is 5.73 Å². The molecule has 2 atom stereocenters. The summed E-state index contributed by atoms with van der Waals surface area (Å²) < 4.78 is 5.82. The minimum absolute atomic E-state index is 0.276. The summed E-state index contributed by atoms with van der Waals surface area (Å²) in [5.41, 5.74) is 8.60. The van der Waals surface area contributed by atoms with E-state index in [1.807, 2.05) is 5.51 Å².